The SMILES string of the molecule is CC[N-]C.[Ti].[Ti]. The van der Waals surface area contributed by atoms with E-state index in [-0.39, 0.29) is 43.4 Å². The first-order valence-electron chi connectivity index (χ1n) is 1.47. The Hall–Kier alpha value is 1.39. The van der Waals surface area contributed by atoms with Gasteiger partial charge in [0, 0.05) is 43.4 Å². The summed E-state index contributed by atoms with van der Waals surface area (Å²) in [6.45, 7) is 2.96. The van der Waals surface area contributed by atoms with Crippen molar-refractivity contribution in [1.29, 1.82) is 0 Å². The van der Waals surface area contributed by atoms with Crippen LogP contribution in [0.4, 0.5) is 0 Å². The largest absolute Gasteiger partial charge is 0.665 e. The van der Waals surface area contributed by atoms with Gasteiger partial charge in [-0.3, -0.25) is 0 Å². The van der Waals surface area contributed by atoms with Gasteiger partial charge >= 0.3 is 0 Å². The molecular formula is C3H8NTi2-. The maximum atomic E-state index is 3.74. The Bertz CT molecular complexity index is 10.8. The average Bonchev–Trinajstić information content (AvgIpc) is 1.37. The minimum absolute atomic E-state index is 0. The normalized spacial score (nSPS) is 5.00. The summed E-state index contributed by atoms with van der Waals surface area (Å²) in [7, 11) is 1.81. The van der Waals surface area contributed by atoms with E-state index in [4.69, 9.17) is 0 Å². The molecule has 0 atom stereocenters. The molecule has 0 aliphatic carbocycles. The second-order valence-electron chi connectivity index (χ2n) is 0.632. The van der Waals surface area contributed by atoms with Crippen molar-refractivity contribution in [2.24, 2.45) is 0 Å². The minimum atomic E-state index is 0. The van der Waals surface area contributed by atoms with Crippen LogP contribution in [0.2, 0.25) is 0 Å². The Labute approximate surface area is 69.0 Å². The van der Waals surface area contributed by atoms with Gasteiger partial charge in [0.15, 0.2) is 0 Å². The van der Waals surface area contributed by atoms with E-state index in [0.717, 1.165) is 6.54 Å². The molecule has 0 bridgehead atoms. The van der Waals surface area contributed by atoms with E-state index >= 15 is 0 Å². The summed E-state index contributed by atoms with van der Waals surface area (Å²) in [5, 5.41) is 3.74. The molecule has 0 aromatic carbocycles. The van der Waals surface area contributed by atoms with Crippen LogP contribution >= 0.6 is 0 Å². The van der Waals surface area contributed by atoms with Crippen LogP contribution in [0.1, 0.15) is 6.92 Å². The van der Waals surface area contributed by atoms with E-state index in [2.05, 4.69) is 5.32 Å². The Morgan fingerprint density at radius 3 is 1.50 bits per heavy atom. The fourth-order valence-corrected chi connectivity index (χ4v) is 0. The summed E-state index contributed by atoms with van der Waals surface area (Å²) in [4.78, 5) is 0. The molecule has 0 saturated carbocycles. The molecule has 0 aliphatic rings. The molecule has 34 valence electrons. The first-order valence-corrected chi connectivity index (χ1v) is 1.47. The van der Waals surface area contributed by atoms with Crippen LogP contribution < -0.4 is 0 Å². The van der Waals surface area contributed by atoms with Crippen LogP contribution in [-0.2, 0) is 43.4 Å². The van der Waals surface area contributed by atoms with Gasteiger partial charge in [0.2, 0.25) is 0 Å². The zero-order valence-electron chi connectivity index (χ0n) is 4.15. The molecule has 0 aliphatic heterocycles. The third-order valence-electron chi connectivity index (χ3n) is 0.316. The fourth-order valence-electron chi connectivity index (χ4n) is 0. The van der Waals surface area contributed by atoms with E-state index < -0.39 is 0 Å². The maximum Gasteiger partial charge on any atom is 0 e. The standard InChI is InChI=1S/C3H8N.2Ti/c1-3-4-2;;/h3H2,1-2H3;;/q-1;;. The minimum Gasteiger partial charge on any atom is -0.665 e. The maximum absolute atomic E-state index is 3.74. The van der Waals surface area contributed by atoms with Gasteiger partial charge in [-0.1, -0.05) is 6.92 Å². The fraction of sp³-hybridized carbons (Fsp3) is 1.00. The molecule has 0 radical (unpaired) electrons. The van der Waals surface area contributed by atoms with Crippen LogP contribution in [0, 0.1) is 0 Å². The Morgan fingerprint density at radius 2 is 1.50 bits per heavy atom. The van der Waals surface area contributed by atoms with Gasteiger partial charge in [-0.05, 0) is 0 Å². The second-order valence-corrected chi connectivity index (χ2v) is 0.632. The molecule has 6 heavy (non-hydrogen) atoms. The Kier molecular flexibility index (Phi) is 42.2. The molecule has 0 spiro atoms. The van der Waals surface area contributed by atoms with Crippen LogP contribution in [0.25, 0.3) is 5.32 Å². The van der Waals surface area contributed by atoms with Crippen molar-refractivity contribution in [3.8, 4) is 0 Å². The van der Waals surface area contributed by atoms with Crippen molar-refractivity contribution < 1.29 is 43.4 Å². The zero-order chi connectivity index (χ0) is 3.41. The van der Waals surface area contributed by atoms with E-state index in [1.807, 2.05) is 6.92 Å². The quantitative estimate of drug-likeness (QED) is 0.500. The predicted molar refractivity (Wildman–Crippen MR) is 19.8 cm³/mol. The molecule has 0 saturated heterocycles. The Morgan fingerprint density at radius 1 is 1.33 bits per heavy atom. The van der Waals surface area contributed by atoms with Crippen molar-refractivity contribution in [1.82, 2.24) is 0 Å². The van der Waals surface area contributed by atoms with Gasteiger partial charge in [0.1, 0.15) is 0 Å². The molecule has 0 aromatic heterocycles. The van der Waals surface area contributed by atoms with Crippen LogP contribution in [0.15, 0.2) is 0 Å². The average molecular weight is 154 g/mol. The first kappa shape index (κ1) is 15.7. The van der Waals surface area contributed by atoms with E-state index in [1.54, 1.807) is 7.05 Å². The van der Waals surface area contributed by atoms with E-state index in [9.17, 15) is 0 Å². The van der Waals surface area contributed by atoms with Crippen LogP contribution in [-0.4, -0.2) is 13.6 Å². The Balaban J connectivity index is -0.0000000450. The topological polar surface area (TPSA) is 14.1 Å². The summed E-state index contributed by atoms with van der Waals surface area (Å²) in [5.74, 6) is 0. The van der Waals surface area contributed by atoms with Crippen LogP contribution in [0.5, 0.6) is 0 Å². The third kappa shape index (κ3) is 18.2. The summed E-state index contributed by atoms with van der Waals surface area (Å²) in [6, 6.07) is 0. The summed E-state index contributed by atoms with van der Waals surface area (Å²) >= 11 is 0. The molecule has 0 rings (SSSR count). The van der Waals surface area contributed by atoms with Gasteiger partial charge < -0.3 is 5.32 Å². The summed E-state index contributed by atoms with van der Waals surface area (Å²) in [5.41, 5.74) is 0. The van der Waals surface area contributed by atoms with Crippen molar-refractivity contribution in [2.75, 3.05) is 13.6 Å². The molecule has 0 aromatic rings. The molecule has 0 amide bonds. The summed E-state index contributed by atoms with van der Waals surface area (Å²) in [6.07, 6.45) is 0. The van der Waals surface area contributed by atoms with Gasteiger partial charge in [-0.25, -0.2) is 0 Å². The number of rotatable bonds is 1. The molecule has 0 unspecified atom stereocenters. The smallest absolute Gasteiger partial charge is 0 e. The van der Waals surface area contributed by atoms with E-state index in [0.29, 0.717) is 0 Å². The van der Waals surface area contributed by atoms with Gasteiger partial charge in [-0.15, -0.1) is 0 Å². The van der Waals surface area contributed by atoms with Gasteiger partial charge in [-0.2, -0.15) is 13.6 Å². The van der Waals surface area contributed by atoms with Gasteiger partial charge in [0.05, 0.1) is 0 Å². The number of nitrogens with zero attached hydrogens (tertiary/aromatic N) is 1. The molecule has 1 nitrogen and oxygen atoms in total. The second kappa shape index (κ2) is 16.2. The monoisotopic (exact) mass is 154 g/mol. The molecule has 0 fully saturated rings. The van der Waals surface area contributed by atoms with Crippen LogP contribution in [0.3, 0.4) is 0 Å². The molecular weight excluding hydrogens is 146 g/mol. The third-order valence-corrected chi connectivity index (χ3v) is 0.316. The number of hydrogen-bond acceptors (Lipinski definition) is 0. The zero-order valence-corrected chi connectivity index (χ0v) is 7.28. The molecule has 0 N–H and O–H groups in total. The number of hydrogen-bond donors (Lipinski definition) is 0. The van der Waals surface area contributed by atoms with E-state index in [1.165, 1.54) is 0 Å². The van der Waals surface area contributed by atoms with Crippen molar-refractivity contribution >= 4 is 0 Å². The van der Waals surface area contributed by atoms with Gasteiger partial charge in [0.25, 0.3) is 0 Å². The first-order chi connectivity index (χ1) is 1.91. The predicted octanol–water partition coefficient (Wildman–Crippen LogP) is 1.00. The van der Waals surface area contributed by atoms with Crippen molar-refractivity contribution in [3.63, 3.8) is 0 Å². The van der Waals surface area contributed by atoms with Crippen molar-refractivity contribution in [3.05, 3.63) is 5.32 Å². The summed E-state index contributed by atoms with van der Waals surface area (Å²) < 4.78 is 0. The molecule has 0 heterocycles. The molecule has 3 heteroatoms. The van der Waals surface area contributed by atoms with Crippen molar-refractivity contribution in [2.45, 2.75) is 6.92 Å².